The summed E-state index contributed by atoms with van der Waals surface area (Å²) in [5.41, 5.74) is 5.69. The first kappa shape index (κ1) is 36.6. The monoisotopic (exact) mass is 667 g/mol. The lowest BCUT2D eigenvalue weighted by Gasteiger charge is -2.36. The minimum Gasteiger partial charge on any atom is -0.357 e. The molecule has 15 heteroatoms. The first-order valence-corrected chi connectivity index (χ1v) is 15.5. The van der Waals surface area contributed by atoms with Crippen molar-refractivity contribution >= 4 is 34.7 Å². The molecule has 1 aliphatic rings. The number of halogens is 5. The molecule has 1 atom stereocenters. The van der Waals surface area contributed by atoms with E-state index in [1.54, 1.807) is 30.1 Å². The maximum absolute atomic E-state index is 13.7. The Kier molecular flexibility index (Phi) is 12.8. The molecule has 10 nitrogen and oxygen atoms in total. The second-order valence-electron chi connectivity index (χ2n) is 10.4. The molecule has 1 amide bonds. The molecule has 1 aromatic carbocycles. The van der Waals surface area contributed by atoms with Gasteiger partial charge in [-0.25, -0.2) is 9.37 Å². The van der Waals surface area contributed by atoms with Crippen LogP contribution in [0.2, 0.25) is 5.02 Å². The van der Waals surface area contributed by atoms with Gasteiger partial charge in [0.1, 0.15) is 6.67 Å². The Hall–Kier alpha value is -3.91. The third-order valence-corrected chi connectivity index (χ3v) is 7.82. The Labute approximate surface area is 271 Å². The molecule has 3 heterocycles. The van der Waals surface area contributed by atoms with Crippen LogP contribution in [0.5, 0.6) is 0 Å². The van der Waals surface area contributed by atoms with Crippen molar-refractivity contribution in [3.63, 3.8) is 0 Å². The van der Waals surface area contributed by atoms with Gasteiger partial charge < -0.3 is 25.4 Å². The number of aromatic nitrogens is 4. The molecule has 0 radical (unpaired) electrons. The summed E-state index contributed by atoms with van der Waals surface area (Å²) in [5.74, 6) is 0.983. The lowest BCUT2D eigenvalue weighted by molar-refractivity contribution is -0.141. The number of benzene rings is 1. The van der Waals surface area contributed by atoms with Crippen LogP contribution < -0.4 is 11.1 Å². The van der Waals surface area contributed by atoms with E-state index in [4.69, 9.17) is 17.3 Å². The summed E-state index contributed by atoms with van der Waals surface area (Å²) >= 11 is 6.52. The summed E-state index contributed by atoms with van der Waals surface area (Å²) < 4.78 is 56.1. The normalized spacial score (nSPS) is 14.5. The first-order chi connectivity index (χ1) is 21.9. The Balaban J connectivity index is 0.00000282. The van der Waals surface area contributed by atoms with Crippen LogP contribution in [0.3, 0.4) is 0 Å². The quantitative estimate of drug-likeness (QED) is 0.157. The number of rotatable bonds is 10. The molecule has 1 unspecified atom stereocenters. The lowest BCUT2D eigenvalue weighted by Crippen LogP contribution is -2.50. The van der Waals surface area contributed by atoms with Crippen LogP contribution in [0, 0.1) is 0 Å². The van der Waals surface area contributed by atoms with Crippen LogP contribution in [-0.4, -0.2) is 86.3 Å². The molecule has 0 aliphatic carbocycles. The predicted molar refractivity (Wildman–Crippen MR) is 175 cm³/mol. The second kappa shape index (κ2) is 16.1. The number of hydrogen-bond acceptors (Lipinski definition) is 6. The first-order valence-electron chi connectivity index (χ1n) is 15.1. The van der Waals surface area contributed by atoms with Gasteiger partial charge in [0, 0.05) is 51.7 Å². The summed E-state index contributed by atoms with van der Waals surface area (Å²) in [7, 11) is 1.54. The van der Waals surface area contributed by atoms with Crippen molar-refractivity contribution in [2.75, 3.05) is 44.7 Å². The molecule has 2 aromatic heterocycles. The third kappa shape index (κ3) is 8.46. The average Bonchev–Trinajstić information content (AvgIpc) is 3.64. The summed E-state index contributed by atoms with van der Waals surface area (Å²) in [6.45, 7) is 13.6. The van der Waals surface area contributed by atoms with Gasteiger partial charge in [-0.1, -0.05) is 39.0 Å². The Bertz CT molecular complexity index is 1520. The number of hydrogen-bond donors (Lipinski definition) is 2. The van der Waals surface area contributed by atoms with Crippen molar-refractivity contribution in [2.24, 2.45) is 17.8 Å². The van der Waals surface area contributed by atoms with Crippen molar-refractivity contribution < 1.29 is 22.4 Å². The second-order valence-corrected chi connectivity index (χ2v) is 10.8. The molecular weight excluding hydrogens is 626 g/mol. The van der Waals surface area contributed by atoms with E-state index in [-0.39, 0.29) is 46.3 Å². The van der Waals surface area contributed by atoms with E-state index in [0.717, 1.165) is 23.1 Å². The molecule has 46 heavy (non-hydrogen) atoms. The van der Waals surface area contributed by atoms with E-state index in [1.807, 2.05) is 27.7 Å². The van der Waals surface area contributed by atoms with Crippen LogP contribution in [0.25, 0.3) is 17.0 Å². The van der Waals surface area contributed by atoms with Gasteiger partial charge in [0.2, 0.25) is 0 Å². The van der Waals surface area contributed by atoms with Gasteiger partial charge in [-0.3, -0.25) is 14.5 Å². The fraction of sp³-hybridized carbons (Fsp3) is 0.484. The van der Waals surface area contributed by atoms with Crippen LogP contribution in [0.4, 0.5) is 23.2 Å². The van der Waals surface area contributed by atoms with Crippen LogP contribution in [-0.2, 0) is 19.8 Å². The van der Waals surface area contributed by atoms with E-state index in [9.17, 15) is 22.4 Å². The number of carbonyl (C=O) groups is 1. The van der Waals surface area contributed by atoms with Crippen molar-refractivity contribution in [1.29, 1.82) is 0 Å². The van der Waals surface area contributed by atoms with Crippen LogP contribution in [0.1, 0.15) is 56.0 Å². The summed E-state index contributed by atoms with van der Waals surface area (Å²) in [6, 6.07) is 4.95. The fourth-order valence-electron chi connectivity index (χ4n) is 5.02. The molecule has 1 aliphatic heterocycles. The molecule has 3 N–H and O–H groups in total. The number of imidazole rings is 1. The zero-order valence-electron chi connectivity index (χ0n) is 26.8. The summed E-state index contributed by atoms with van der Waals surface area (Å²) in [5, 5.41) is 6.81. The number of piperazine rings is 1. The number of nitrogens with zero attached hydrogens (tertiary/aromatic N) is 7. The highest BCUT2D eigenvalue weighted by Gasteiger charge is 2.38. The minimum absolute atomic E-state index is 0.0803. The minimum atomic E-state index is -4.74. The third-order valence-electron chi connectivity index (χ3n) is 7.51. The molecule has 4 rings (SSSR count). The molecule has 252 valence electrons. The van der Waals surface area contributed by atoms with E-state index in [2.05, 4.69) is 31.9 Å². The van der Waals surface area contributed by atoms with Crippen molar-refractivity contribution in [2.45, 2.75) is 52.9 Å². The van der Waals surface area contributed by atoms with Gasteiger partial charge >= 0.3 is 6.18 Å². The number of amides is 1. The molecule has 0 bridgehead atoms. The predicted octanol–water partition coefficient (Wildman–Crippen LogP) is 5.95. The zero-order chi connectivity index (χ0) is 34.2. The molecule has 1 saturated heterocycles. The van der Waals surface area contributed by atoms with E-state index >= 15 is 0 Å². The highest BCUT2D eigenvalue weighted by atomic mass is 35.5. The van der Waals surface area contributed by atoms with Gasteiger partial charge in [-0.2, -0.15) is 18.3 Å². The van der Waals surface area contributed by atoms with Gasteiger partial charge in [-0.05, 0) is 31.5 Å². The van der Waals surface area contributed by atoms with Gasteiger partial charge in [0.15, 0.2) is 11.5 Å². The molecule has 3 aromatic rings. The molecule has 0 saturated carbocycles. The number of alkyl halides is 4. The number of nitrogens with two attached hydrogens (primary N) is 1. The van der Waals surface area contributed by atoms with Crippen LogP contribution in [0.15, 0.2) is 42.2 Å². The Morgan fingerprint density at radius 2 is 1.85 bits per heavy atom. The molecular formula is C31H42ClF4N9O. The number of aryl methyl sites for hydroxylation is 1. The summed E-state index contributed by atoms with van der Waals surface area (Å²) in [6.07, 6.45) is -1.46. The Morgan fingerprint density at radius 1 is 1.20 bits per heavy atom. The SMILES string of the molecule is C=C(Nc1ccc(C(=O)N2CCN(C(C)=NC(CC)CN)CC2)c(Cl)c1)c1ncc(-c2cn(CCF)nc2C(F)(F)F)n1C.CC. The maximum atomic E-state index is 13.7. The highest BCUT2D eigenvalue weighted by Crippen LogP contribution is 2.37. The van der Waals surface area contributed by atoms with E-state index < -0.39 is 18.5 Å². The fourth-order valence-corrected chi connectivity index (χ4v) is 5.28. The zero-order valence-corrected chi connectivity index (χ0v) is 27.6. The van der Waals surface area contributed by atoms with Crippen molar-refractivity contribution in [1.82, 2.24) is 29.1 Å². The number of amidine groups is 1. The van der Waals surface area contributed by atoms with Crippen molar-refractivity contribution in [3.05, 3.63) is 59.3 Å². The number of anilines is 1. The van der Waals surface area contributed by atoms with Crippen LogP contribution >= 0.6 is 11.6 Å². The van der Waals surface area contributed by atoms with E-state index in [1.165, 1.54) is 10.8 Å². The Morgan fingerprint density at radius 3 is 2.41 bits per heavy atom. The molecule has 1 fully saturated rings. The standard InChI is InChI=1S/C29H36ClF4N9O.C2H6/c1-5-20(15-35)38-19(3)41-10-12-42(13-11-41)28(44)22-7-6-21(14-24(22)30)37-18(2)27-36-16-25(40(27)4)23-17-43(9-8-31)39-26(23)29(32,33)34;1-2/h6-7,14,16-17,20,37H,2,5,8-13,15,35H2,1,3-4H3;1-2H3. The smallest absolute Gasteiger partial charge is 0.357 e. The maximum Gasteiger partial charge on any atom is 0.435 e. The number of nitrogens with one attached hydrogen (secondary N) is 1. The largest absolute Gasteiger partial charge is 0.435 e. The highest BCUT2D eigenvalue weighted by molar-refractivity contribution is 6.34. The topological polar surface area (TPSA) is 110 Å². The number of carbonyl (C=O) groups excluding carboxylic acids is 1. The van der Waals surface area contributed by atoms with Gasteiger partial charge in [0.25, 0.3) is 5.91 Å². The van der Waals surface area contributed by atoms with Gasteiger partial charge in [-0.15, -0.1) is 0 Å². The summed E-state index contributed by atoms with van der Waals surface area (Å²) in [4.78, 5) is 26.1. The van der Waals surface area contributed by atoms with Crippen molar-refractivity contribution in [3.8, 4) is 11.3 Å². The average molecular weight is 668 g/mol. The lowest BCUT2D eigenvalue weighted by atomic mass is 10.1. The molecule has 0 spiro atoms. The number of aliphatic imine (C=N–C) groups is 1. The van der Waals surface area contributed by atoms with Gasteiger partial charge in [0.05, 0.1) is 52.2 Å². The van der Waals surface area contributed by atoms with E-state index in [0.29, 0.717) is 44.0 Å².